The largest absolute Gasteiger partial charge is 0.465 e. The first kappa shape index (κ1) is 21.4. The SMILES string of the molecule is CC(C)(C)OC(=O)N1CCNCC1.COC(=O)c1ccc(CBr)cc1. The van der Waals surface area contributed by atoms with E-state index in [1.807, 2.05) is 32.9 Å². The second-order valence-corrected chi connectivity index (χ2v) is 7.10. The van der Waals surface area contributed by atoms with E-state index in [0.29, 0.717) is 5.56 Å². The van der Waals surface area contributed by atoms with Crippen LogP contribution in [0.2, 0.25) is 0 Å². The molecule has 0 radical (unpaired) electrons. The summed E-state index contributed by atoms with van der Waals surface area (Å²) >= 11 is 3.32. The molecule has 0 spiro atoms. The molecule has 0 unspecified atom stereocenters. The molecule has 1 aromatic carbocycles. The van der Waals surface area contributed by atoms with Crippen LogP contribution in [0.1, 0.15) is 36.7 Å². The van der Waals surface area contributed by atoms with Gasteiger partial charge >= 0.3 is 12.1 Å². The number of hydrogen-bond acceptors (Lipinski definition) is 5. The Labute approximate surface area is 158 Å². The number of rotatable bonds is 2. The summed E-state index contributed by atoms with van der Waals surface area (Å²) < 4.78 is 9.80. The molecule has 1 aromatic rings. The number of alkyl halides is 1. The highest BCUT2D eigenvalue weighted by atomic mass is 79.9. The Morgan fingerprint density at radius 3 is 2.16 bits per heavy atom. The number of hydrogen-bond donors (Lipinski definition) is 1. The standard InChI is InChI=1S/C9H9BrO2.C9H18N2O2/c1-12-9(11)8-4-2-7(6-10)3-5-8;1-9(2,3)13-8(12)11-6-4-10-5-7-11/h2-5H,6H2,1H3;10H,4-7H2,1-3H3. The smallest absolute Gasteiger partial charge is 0.410 e. The average molecular weight is 415 g/mol. The van der Waals surface area contributed by atoms with E-state index in [9.17, 15) is 9.59 Å². The van der Waals surface area contributed by atoms with Crippen molar-refractivity contribution in [1.29, 1.82) is 0 Å². The Morgan fingerprint density at radius 1 is 1.16 bits per heavy atom. The van der Waals surface area contributed by atoms with Crippen LogP contribution in [0.25, 0.3) is 0 Å². The molecule has 0 saturated carbocycles. The van der Waals surface area contributed by atoms with Gasteiger partial charge in [-0.3, -0.25) is 0 Å². The van der Waals surface area contributed by atoms with Crippen LogP contribution in [0.5, 0.6) is 0 Å². The van der Waals surface area contributed by atoms with Gasteiger partial charge in [-0.15, -0.1) is 0 Å². The number of amides is 1. The second-order valence-electron chi connectivity index (χ2n) is 6.54. The van der Waals surface area contributed by atoms with Crippen LogP contribution in [-0.4, -0.2) is 55.9 Å². The molecule has 1 N–H and O–H groups in total. The number of halogens is 1. The predicted octanol–water partition coefficient (Wildman–Crippen LogP) is 3.19. The lowest BCUT2D eigenvalue weighted by Gasteiger charge is -2.30. The number of nitrogens with zero attached hydrogens (tertiary/aromatic N) is 1. The molecule has 7 heteroatoms. The maximum atomic E-state index is 11.5. The van der Waals surface area contributed by atoms with Crippen LogP contribution >= 0.6 is 15.9 Å². The lowest BCUT2D eigenvalue weighted by Crippen LogP contribution is -2.48. The Morgan fingerprint density at radius 2 is 1.72 bits per heavy atom. The maximum Gasteiger partial charge on any atom is 0.410 e. The van der Waals surface area contributed by atoms with Crippen molar-refractivity contribution in [2.45, 2.75) is 31.7 Å². The van der Waals surface area contributed by atoms with E-state index in [0.717, 1.165) is 37.1 Å². The average Bonchev–Trinajstić information content (AvgIpc) is 2.61. The molecule has 2 rings (SSSR count). The Hall–Kier alpha value is -1.60. The number of ether oxygens (including phenoxy) is 2. The second kappa shape index (κ2) is 10.4. The van der Waals surface area contributed by atoms with Crippen molar-refractivity contribution in [3.8, 4) is 0 Å². The van der Waals surface area contributed by atoms with Crippen LogP contribution < -0.4 is 5.32 Å². The fourth-order valence-corrected chi connectivity index (χ4v) is 2.40. The highest BCUT2D eigenvalue weighted by molar-refractivity contribution is 9.08. The zero-order valence-corrected chi connectivity index (χ0v) is 16.9. The first-order chi connectivity index (χ1) is 11.8. The van der Waals surface area contributed by atoms with Crippen molar-refractivity contribution in [3.63, 3.8) is 0 Å². The predicted molar refractivity (Wildman–Crippen MR) is 101 cm³/mol. The molecule has 0 bridgehead atoms. The maximum absolute atomic E-state index is 11.5. The summed E-state index contributed by atoms with van der Waals surface area (Å²) in [4.78, 5) is 24.2. The van der Waals surface area contributed by atoms with Crippen molar-refractivity contribution in [2.75, 3.05) is 33.3 Å². The van der Waals surface area contributed by atoms with Crippen LogP contribution in [0, 0.1) is 0 Å². The third-order valence-electron chi connectivity index (χ3n) is 3.30. The minimum atomic E-state index is -0.387. The van der Waals surface area contributed by atoms with Crippen molar-refractivity contribution < 1.29 is 19.1 Å². The summed E-state index contributed by atoms with van der Waals surface area (Å²) in [6.45, 7) is 8.86. The number of methoxy groups -OCH3 is 1. The summed E-state index contributed by atoms with van der Waals surface area (Å²) in [7, 11) is 1.38. The van der Waals surface area contributed by atoms with Gasteiger partial charge in [0.1, 0.15) is 5.60 Å². The lowest BCUT2D eigenvalue weighted by molar-refractivity contribution is 0.0228. The highest BCUT2D eigenvalue weighted by Gasteiger charge is 2.22. The molecule has 1 fully saturated rings. The minimum Gasteiger partial charge on any atom is -0.465 e. The summed E-state index contributed by atoms with van der Waals surface area (Å²) in [5, 5.41) is 3.98. The van der Waals surface area contributed by atoms with E-state index < -0.39 is 0 Å². The van der Waals surface area contributed by atoms with Crippen molar-refractivity contribution in [3.05, 3.63) is 35.4 Å². The van der Waals surface area contributed by atoms with Crippen molar-refractivity contribution in [2.24, 2.45) is 0 Å². The lowest BCUT2D eigenvalue weighted by atomic mass is 10.1. The molecule has 140 valence electrons. The molecule has 0 aromatic heterocycles. The zero-order valence-electron chi connectivity index (χ0n) is 15.3. The quantitative estimate of drug-likeness (QED) is 0.594. The molecule has 1 aliphatic rings. The number of nitrogens with one attached hydrogen (secondary N) is 1. The Bertz CT molecular complexity index is 549. The van der Waals surface area contributed by atoms with Gasteiger partial charge < -0.3 is 19.7 Å². The van der Waals surface area contributed by atoms with Crippen LogP contribution in [0.3, 0.4) is 0 Å². The zero-order chi connectivity index (χ0) is 18.9. The first-order valence-corrected chi connectivity index (χ1v) is 9.31. The molecule has 25 heavy (non-hydrogen) atoms. The van der Waals surface area contributed by atoms with Gasteiger partial charge in [0.15, 0.2) is 0 Å². The van der Waals surface area contributed by atoms with Gasteiger partial charge in [-0.25, -0.2) is 9.59 Å². The van der Waals surface area contributed by atoms with E-state index in [1.54, 1.807) is 17.0 Å². The van der Waals surface area contributed by atoms with Gasteiger partial charge in [0.05, 0.1) is 12.7 Å². The van der Waals surface area contributed by atoms with Gasteiger partial charge in [0.25, 0.3) is 0 Å². The highest BCUT2D eigenvalue weighted by Crippen LogP contribution is 2.10. The van der Waals surface area contributed by atoms with Crippen LogP contribution in [-0.2, 0) is 14.8 Å². The van der Waals surface area contributed by atoms with E-state index in [2.05, 4.69) is 26.0 Å². The molecule has 6 nitrogen and oxygen atoms in total. The fraction of sp³-hybridized carbons (Fsp3) is 0.556. The van der Waals surface area contributed by atoms with Gasteiger partial charge in [-0.1, -0.05) is 28.1 Å². The molecule has 1 aliphatic heterocycles. The third-order valence-corrected chi connectivity index (χ3v) is 3.95. The van der Waals surface area contributed by atoms with Gasteiger partial charge in [-0.2, -0.15) is 0 Å². The van der Waals surface area contributed by atoms with Crippen LogP contribution in [0.15, 0.2) is 24.3 Å². The van der Waals surface area contributed by atoms with E-state index in [-0.39, 0.29) is 17.7 Å². The molecule has 1 heterocycles. The molecule has 1 saturated heterocycles. The number of benzene rings is 1. The fourth-order valence-electron chi connectivity index (χ4n) is 2.02. The molecular formula is C18H27BrN2O4. The molecule has 1 amide bonds. The number of carbonyl (C=O) groups excluding carboxylic acids is 2. The third kappa shape index (κ3) is 8.36. The Kier molecular flexibility index (Phi) is 8.92. The number of carbonyl (C=O) groups is 2. The van der Waals surface area contributed by atoms with Gasteiger partial charge in [0, 0.05) is 31.5 Å². The minimum absolute atomic E-state index is 0.200. The summed E-state index contributed by atoms with van der Waals surface area (Å²) in [5.41, 5.74) is 1.34. The van der Waals surface area contributed by atoms with Crippen molar-refractivity contribution in [1.82, 2.24) is 10.2 Å². The number of piperazine rings is 1. The topological polar surface area (TPSA) is 67.9 Å². The summed E-state index contributed by atoms with van der Waals surface area (Å²) in [6, 6.07) is 7.28. The van der Waals surface area contributed by atoms with Gasteiger partial charge in [0.2, 0.25) is 0 Å². The van der Waals surface area contributed by atoms with E-state index in [4.69, 9.17) is 4.74 Å². The van der Waals surface area contributed by atoms with Gasteiger partial charge in [-0.05, 0) is 38.5 Å². The van der Waals surface area contributed by atoms with E-state index in [1.165, 1.54) is 7.11 Å². The molecular weight excluding hydrogens is 388 g/mol. The van der Waals surface area contributed by atoms with Crippen molar-refractivity contribution >= 4 is 28.0 Å². The summed E-state index contributed by atoms with van der Waals surface area (Å²) in [6.07, 6.45) is -0.200. The molecule has 0 atom stereocenters. The van der Waals surface area contributed by atoms with Crippen LogP contribution in [0.4, 0.5) is 4.79 Å². The number of esters is 1. The Balaban J connectivity index is 0.000000251. The monoisotopic (exact) mass is 414 g/mol. The van der Waals surface area contributed by atoms with E-state index >= 15 is 0 Å². The first-order valence-electron chi connectivity index (χ1n) is 8.18. The molecule has 0 aliphatic carbocycles. The summed E-state index contributed by atoms with van der Waals surface area (Å²) in [5.74, 6) is -0.295. The normalized spacial score (nSPS) is 14.2.